The van der Waals surface area contributed by atoms with Gasteiger partial charge >= 0.3 is 5.97 Å². The molecule has 7 nitrogen and oxygen atoms in total. The predicted molar refractivity (Wildman–Crippen MR) is 94.3 cm³/mol. The Morgan fingerprint density at radius 3 is 2.96 bits per heavy atom. The van der Waals surface area contributed by atoms with Crippen molar-refractivity contribution < 1.29 is 19.1 Å². The molecular formula is C17H22ClN3O4. The van der Waals surface area contributed by atoms with Crippen LogP contribution in [-0.4, -0.2) is 55.0 Å². The molecule has 1 aliphatic rings. The molecule has 0 radical (unpaired) electrons. The Morgan fingerprint density at radius 1 is 1.44 bits per heavy atom. The van der Waals surface area contributed by atoms with E-state index in [0.29, 0.717) is 36.8 Å². The average Bonchev–Trinajstić information content (AvgIpc) is 2.59. The molecule has 1 fully saturated rings. The molecule has 136 valence electrons. The van der Waals surface area contributed by atoms with Crippen LogP contribution in [0.1, 0.15) is 19.8 Å². The molecule has 1 atom stereocenters. The van der Waals surface area contributed by atoms with E-state index in [-0.39, 0.29) is 24.8 Å². The van der Waals surface area contributed by atoms with Gasteiger partial charge in [-0.1, -0.05) is 24.6 Å². The highest BCUT2D eigenvalue weighted by molar-refractivity contribution is 6.30. The highest BCUT2D eigenvalue weighted by Crippen LogP contribution is 2.15. The fourth-order valence-electron chi connectivity index (χ4n) is 2.53. The predicted octanol–water partition coefficient (Wildman–Crippen LogP) is 1.42. The van der Waals surface area contributed by atoms with Gasteiger partial charge in [-0.15, -0.1) is 0 Å². The second-order valence-electron chi connectivity index (χ2n) is 5.68. The molecule has 0 aromatic heterocycles. The van der Waals surface area contributed by atoms with Gasteiger partial charge in [0.15, 0.2) is 0 Å². The summed E-state index contributed by atoms with van der Waals surface area (Å²) in [4.78, 5) is 37.8. The molecular weight excluding hydrogens is 346 g/mol. The molecule has 8 heteroatoms. The van der Waals surface area contributed by atoms with E-state index < -0.39 is 12.0 Å². The molecule has 1 aliphatic heterocycles. The van der Waals surface area contributed by atoms with Crippen LogP contribution in [0.3, 0.4) is 0 Å². The highest BCUT2D eigenvalue weighted by atomic mass is 35.5. The first-order valence-corrected chi connectivity index (χ1v) is 8.61. The van der Waals surface area contributed by atoms with Crippen molar-refractivity contribution in [3.8, 4) is 0 Å². The third-order valence-electron chi connectivity index (χ3n) is 3.75. The number of esters is 1. The average molecular weight is 368 g/mol. The number of carbonyl (C=O) groups is 3. The number of amides is 2. The van der Waals surface area contributed by atoms with Gasteiger partial charge in [0.05, 0.1) is 19.6 Å². The Labute approximate surface area is 151 Å². The van der Waals surface area contributed by atoms with Gasteiger partial charge < -0.3 is 20.3 Å². The number of ether oxygens (including phenoxy) is 1. The lowest BCUT2D eigenvalue weighted by atomic mass is 10.1. The molecule has 0 bridgehead atoms. The van der Waals surface area contributed by atoms with Gasteiger partial charge in [0.25, 0.3) is 0 Å². The third kappa shape index (κ3) is 5.63. The summed E-state index contributed by atoms with van der Waals surface area (Å²) in [7, 11) is 0. The van der Waals surface area contributed by atoms with Gasteiger partial charge in [-0.2, -0.15) is 0 Å². The molecule has 1 saturated heterocycles. The molecule has 0 saturated carbocycles. The van der Waals surface area contributed by atoms with Crippen molar-refractivity contribution in [2.24, 2.45) is 0 Å². The summed E-state index contributed by atoms with van der Waals surface area (Å²) in [6.45, 7) is 2.92. The van der Waals surface area contributed by atoms with Crippen molar-refractivity contribution in [3.05, 3.63) is 29.3 Å². The number of anilines is 1. The normalized spacial score (nSPS) is 17.0. The minimum Gasteiger partial charge on any atom is -0.466 e. The maximum Gasteiger partial charge on any atom is 0.308 e. The maximum absolute atomic E-state index is 12.5. The Hall–Kier alpha value is -2.28. The van der Waals surface area contributed by atoms with Gasteiger partial charge in [-0.05, 0) is 24.6 Å². The zero-order valence-electron chi connectivity index (χ0n) is 14.1. The van der Waals surface area contributed by atoms with Gasteiger partial charge in [0.2, 0.25) is 11.8 Å². The molecule has 1 unspecified atom stereocenters. The fourth-order valence-corrected chi connectivity index (χ4v) is 2.72. The molecule has 0 aliphatic carbocycles. The first-order chi connectivity index (χ1) is 12.0. The Balaban J connectivity index is 1.96. The number of hydrogen-bond donors (Lipinski definition) is 2. The number of nitrogens with one attached hydrogen (secondary N) is 2. The summed E-state index contributed by atoms with van der Waals surface area (Å²) in [6, 6.07) is 6.17. The first-order valence-electron chi connectivity index (χ1n) is 8.23. The molecule has 1 aromatic rings. The van der Waals surface area contributed by atoms with Gasteiger partial charge in [0, 0.05) is 23.8 Å². The van der Waals surface area contributed by atoms with E-state index in [2.05, 4.69) is 10.6 Å². The van der Waals surface area contributed by atoms with E-state index in [4.69, 9.17) is 16.3 Å². The van der Waals surface area contributed by atoms with Crippen molar-refractivity contribution in [3.63, 3.8) is 0 Å². The van der Waals surface area contributed by atoms with Crippen LogP contribution >= 0.6 is 11.6 Å². The number of benzene rings is 1. The van der Waals surface area contributed by atoms with Crippen LogP contribution in [0.4, 0.5) is 5.69 Å². The van der Waals surface area contributed by atoms with Crippen molar-refractivity contribution in [2.45, 2.75) is 25.8 Å². The topological polar surface area (TPSA) is 87.7 Å². The Morgan fingerprint density at radius 2 is 2.24 bits per heavy atom. The Kier molecular flexibility index (Phi) is 7.06. The van der Waals surface area contributed by atoms with Crippen molar-refractivity contribution in [1.29, 1.82) is 0 Å². The minimum atomic E-state index is -0.841. The smallest absolute Gasteiger partial charge is 0.308 e. The standard InChI is InChI=1S/C17H22ClN3O4/c1-2-8-25-16(23)10-14-17(24)19-6-7-21(14)15(22)11-20-13-5-3-4-12(18)9-13/h3-5,9,14,20H,2,6-8,10-11H2,1H3,(H,19,24). The summed E-state index contributed by atoms with van der Waals surface area (Å²) in [6.07, 6.45) is 0.559. The number of carbonyl (C=O) groups excluding carboxylic acids is 3. The molecule has 1 aromatic carbocycles. The number of halogens is 1. The number of piperazine rings is 1. The zero-order chi connectivity index (χ0) is 18.2. The number of nitrogens with zero attached hydrogens (tertiary/aromatic N) is 1. The van der Waals surface area contributed by atoms with Gasteiger partial charge in [-0.3, -0.25) is 14.4 Å². The van der Waals surface area contributed by atoms with Gasteiger partial charge in [0.1, 0.15) is 6.04 Å². The van der Waals surface area contributed by atoms with E-state index >= 15 is 0 Å². The second-order valence-corrected chi connectivity index (χ2v) is 6.12. The maximum atomic E-state index is 12.5. The van der Waals surface area contributed by atoms with E-state index in [1.807, 2.05) is 6.92 Å². The van der Waals surface area contributed by atoms with Crippen LogP contribution < -0.4 is 10.6 Å². The highest BCUT2D eigenvalue weighted by Gasteiger charge is 2.34. The second kappa shape index (κ2) is 9.27. The van der Waals surface area contributed by atoms with Crippen LogP contribution in [-0.2, 0) is 19.1 Å². The third-order valence-corrected chi connectivity index (χ3v) is 3.98. The molecule has 0 spiro atoms. The molecule has 2 rings (SSSR count). The lowest BCUT2D eigenvalue weighted by Gasteiger charge is -2.34. The van der Waals surface area contributed by atoms with E-state index in [1.165, 1.54) is 4.90 Å². The van der Waals surface area contributed by atoms with Crippen molar-refractivity contribution in [1.82, 2.24) is 10.2 Å². The van der Waals surface area contributed by atoms with Crippen molar-refractivity contribution in [2.75, 3.05) is 31.6 Å². The fraction of sp³-hybridized carbons (Fsp3) is 0.471. The molecule has 2 N–H and O–H groups in total. The first kappa shape index (κ1) is 19.1. The summed E-state index contributed by atoms with van der Waals surface area (Å²) in [5.41, 5.74) is 0.709. The number of rotatable bonds is 7. The quantitative estimate of drug-likeness (QED) is 0.712. The van der Waals surface area contributed by atoms with E-state index in [9.17, 15) is 14.4 Å². The van der Waals surface area contributed by atoms with E-state index in [0.717, 1.165) is 0 Å². The largest absolute Gasteiger partial charge is 0.466 e. The Bertz CT molecular complexity index is 638. The summed E-state index contributed by atoms with van der Waals surface area (Å²) in [5.74, 6) is -1.08. The van der Waals surface area contributed by atoms with Crippen molar-refractivity contribution >= 4 is 35.1 Å². The molecule has 1 heterocycles. The SMILES string of the molecule is CCCOC(=O)CC1C(=O)NCCN1C(=O)CNc1cccc(Cl)c1. The summed E-state index contributed by atoms with van der Waals surface area (Å²) >= 11 is 5.91. The summed E-state index contributed by atoms with van der Waals surface area (Å²) in [5, 5.41) is 6.22. The molecule has 2 amide bonds. The summed E-state index contributed by atoms with van der Waals surface area (Å²) < 4.78 is 5.03. The minimum absolute atomic E-state index is 0.00807. The van der Waals surface area contributed by atoms with E-state index in [1.54, 1.807) is 24.3 Å². The van der Waals surface area contributed by atoms with Crippen LogP contribution in [0.2, 0.25) is 5.02 Å². The number of hydrogen-bond acceptors (Lipinski definition) is 5. The molecule has 25 heavy (non-hydrogen) atoms. The monoisotopic (exact) mass is 367 g/mol. The zero-order valence-corrected chi connectivity index (χ0v) is 14.8. The lowest BCUT2D eigenvalue weighted by molar-refractivity contribution is -0.151. The van der Waals surface area contributed by atoms with Crippen LogP contribution in [0, 0.1) is 0 Å². The van der Waals surface area contributed by atoms with Crippen LogP contribution in [0.15, 0.2) is 24.3 Å². The van der Waals surface area contributed by atoms with Crippen LogP contribution in [0.5, 0.6) is 0 Å². The van der Waals surface area contributed by atoms with Gasteiger partial charge in [-0.25, -0.2) is 0 Å². The van der Waals surface area contributed by atoms with Crippen LogP contribution in [0.25, 0.3) is 0 Å². The lowest BCUT2D eigenvalue weighted by Crippen LogP contribution is -2.58.